The largest absolute Gasteiger partial charge is 0.508 e. The molecule has 0 saturated heterocycles. The van der Waals surface area contributed by atoms with Crippen molar-refractivity contribution in [3.63, 3.8) is 0 Å². The number of hydrogen-bond acceptors (Lipinski definition) is 2. The maximum atomic E-state index is 10.2. The van der Waals surface area contributed by atoms with Crippen LogP contribution in [0.25, 0.3) is 0 Å². The summed E-state index contributed by atoms with van der Waals surface area (Å²) in [5.41, 5.74) is 2.56. The Balaban J connectivity index is 0.00000180. The third-order valence-corrected chi connectivity index (χ3v) is 4.01. The van der Waals surface area contributed by atoms with Crippen molar-refractivity contribution in [3.8, 4) is 5.75 Å². The Labute approximate surface area is 123 Å². The van der Waals surface area contributed by atoms with Crippen molar-refractivity contribution < 1.29 is 5.11 Å². The fraction of sp³-hybridized carbons (Fsp3) is 0.625. The van der Waals surface area contributed by atoms with Gasteiger partial charge in [-0.15, -0.1) is 12.4 Å². The number of nitrogens with one attached hydrogen (secondary N) is 1. The highest BCUT2D eigenvalue weighted by Gasteiger charge is 2.30. The van der Waals surface area contributed by atoms with Crippen LogP contribution in [0.3, 0.4) is 0 Å². The molecule has 1 aliphatic carbocycles. The van der Waals surface area contributed by atoms with Gasteiger partial charge in [-0.05, 0) is 43.9 Å². The molecular weight excluding hydrogens is 258 g/mol. The molecule has 0 fully saturated rings. The molecule has 1 aromatic rings. The highest BCUT2D eigenvalue weighted by molar-refractivity contribution is 5.85. The van der Waals surface area contributed by atoms with E-state index >= 15 is 0 Å². The minimum atomic E-state index is 0. The lowest BCUT2D eigenvalue weighted by Gasteiger charge is -2.34. The molecule has 0 saturated carbocycles. The van der Waals surface area contributed by atoms with Crippen molar-refractivity contribution in [2.45, 2.75) is 57.9 Å². The molecule has 0 amide bonds. The highest BCUT2D eigenvalue weighted by Crippen LogP contribution is 2.40. The normalized spacial score (nSPS) is 21.6. The zero-order valence-corrected chi connectivity index (χ0v) is 12.8. The van der Waals surface area contributed by atoms with Crippen molar-refractivity contribution in [2.24, 2.45) is 0 Å². The predicted octanol–water partition coefficient (Wildman–Crippen LogP) is 4.01. The van der Waals surface area contributed by atoms with Gasteiger partial charge < -0.3 is 10.4 Å². The Kier molecular flexibility index (Phi) is 6.67. The Bertz CT molecular complexity index is 394. The van der Waals surface area contributed by atoms with Crippen molar-refractivity contribution >= 4 is 12.4 Å². The predicted molar refractivity (Wildman–Crippen MR) is 83.4 cm³/mol. The Morgan fingerprint density at radius 1 is 1.26 bits per heavy atom. The molecular formula is C16H26ClNO. The fourth-order valence-electron chi connectivity index (χ4n) is 3.19. The number of halogens is 1. The number of aromatic hydroxyl groups is 1. The number of fused-ring (bicyclic) bond motifs is 1. The molecule has 108 valence electrons. The zero-order chi connectivity index (χ0) is 13.0. The number of rotatable bonds is 5. The van der Waals surface area contributed by atoms with E-state index in [1.54, 1.807) is 0 Å². The summed E-state index contributed by atoms with van der Waals surface area (Å²) in [7, 11) is 0. The second-order valence-corrected chi connectivity index (χ2v) is 5.34. The molecule has 3 heteroatoms. The summed E-state index contributed by atoms with van der Waals surface area (Å²) in [5.74, 6) is 0.973. The van der Waals surface area contributed by atoms with Gasteiger partial charge in [0.15, 0.2) is 0 Å². The first-order chi connectivity index (χ1) is 8.77. The van der Waals surface area contributed by atoms with Gasteiger partial charge in [0.05, 0.1) is 0 Å². The molecule has 0 radical (unpaired) electrons. The molecule has 1 aromatic carbocycles. The quantitative estimate of drug-likeness (QED) is 0.856. The number of phenols is 1. The van der Waals surface area contributed by atoms with E-state index in [9.17, 15) is 5.11 Å². The topological polar surface area (TPSA) is 32.3 Å². The Morgan fingerprint density at radius 2 is 2.05 bits per heavy atom. The molecule has 0 bridgehead atoms. The van der Waals surface area contributed by atoms with Crippen LogP contribution >= 0.6 is 12.4 Å². The molecule has 19 heavy (non-hydrogen) atoms. The third-order valence-electron chi connectivity index (χ3n) is 4.01. The van der Waals surface area contributed by atoms with Crippen LogP contribution < -0.4 is 5.32 Å². The second-order valence-electron chi connectivity index (χ2n) is 5.34. The minimum absolute atomic E-state index is 0. The summed E-state index contributed by atoms with van der Waals surface area (Å²) in [6.07, 6.45) is 5.78. The van der Waals surface area contributed by atoms with Gasteiger partial charge >= 0.3 is 0 Å². The van der Waals surface area contributed by atoms with Crippen molar-refractivity contribution in [1.82, 2.24) is 5.32 Å². The average Bonchev–Trinajstić information content (AvgIpc) is 2.38. The third kappa shape index (κ3) is 3.64. The molecule has 0 aromatic heterocycles. The van der Waals surface area contributed by atoms with E-state index in [2.05, 4.69) is 25.2 Å². The van der Waals surface area contributed by atoms with Crippen LogP contribution in [0.1, 0.15) is 56.6 Å². The molecule has 0 aliphatic heterocycles. The standard InChI is InChI=1S/C16H25NO.ClH/c1-3-6-13-14(17-11-4-2)10-9-12-7-5-8-15(18)16(12)13;/h5,7-8,13-14,17-18H,3-4,6,9-11H2,1-2H3;1H/t13-,14-;/m0./s1. The van der Waals surface area contributed by atoms with Gasteiger partial charge in [0.2, 0.25) is 0 Å². The van der Waals surface area contributed by atoms with Crippen LogP contribution in [-0.2, 0) is 6.42 Å². The van der Waals surface area contributed by atoms with Crippen molar-refractivity contribution in [2.75, 3.05) is 6.54 Å². The number of hydrogen-bond donors (Lipinski definition) is 2. The van der Waals surface area contributed by atoms with Crippen LogP contribution in [0.4, 0.5) is 0 Å². The van der Waals surface area contributed by atoms with Crippen LogP contribution in [0, 0.1) is 0 Å². The summed E-state index contributed by atoms with van der Waals surface area (Å²) >= 11 is 0. The van der Waals surface area contributed by atoms with Gasteiger partial charge in [-0.2, -0.15) is 0 Å². The summed E-state index contributed by atoms with van der Waals surface area (Å²) in [6, 6.07) is 6.51. The molecule has 2 nitrogen and oxygen atoms in total. The van der Waals surface area contributed by atoms with Crippen LogP contribution in [0.5, 0.6) is 5.75 Å². The first-order valence-corrected chi connectivity index (χ1v) is 7.32. The summed E-state index contributed by atoms with van der Waals surface area (Å²) in [5, 5.41) is 13.8. The molecule has 1 aliphatic rings. The number of benzene rings is 1. The first kappa shape index (κ1) is 16.3. The summed E-state index contributed by atoms with van der Waals surface area (Å²) < 4.78 is 0. The molecule has 0 spiro atoms. The summed E-state index contributed by atoms with van der Waals surface area (Å²) in [4.78, 5) is 0. The van der Waals surface area contributed by atoms with Gasteiger partial charge in [0.1, 0.15) is 5.75 Å². The molecule has 2 rings (SSSR count). The Morgan fingerprint density at radius 3 is 2.74 bits per heavy atom. The van der Waals surface area contributed by atoms with Gasteiger partial charge in [0, 0.05) is 17.5 Å². The van der Waals surface area contributed by atoms with Crippen LogP contribution in [0.2, 0.25) is 0 Å². The maximum absolute atomic E-state index is 10.2. The van der Waals surface area contributed by atoms with E-state index in [-0.39, 0.29) is 12.4 Å². The fourth-order valence-corrected chi connectivity index (χ4v) is 3.19. The van der Waals surface area contributed by atoms with Crippen molar-refractivity contribution in [3.05, 3.63) is 29.3 Å². The lowest BCUT2D eigenvalue weighted by molar-refractivity contribution is 0.355. The van der Waals surface area contributed by atoms with E-state index in [0.29, 0.717) is 17.7 Å². The monoisotopic (exact) mass is 283 g/mol. The molecule has 0 unspecified atom stereocenters. The van der Waals surface area contributed by atoms with Crippen LogP contribution in [0.15, 0.2) is 18.2 Å². The SMILES string of the molecule is CCCN[C@H]1CCc2cccc(O)c2[C@H]1CCC.Cl. The second kappa shape index (κ2) is 7.76. The van der Waals surface area contributed by atoms with Gasteiger partial charge in [-0.3, -0.25) is 0 Å². The van der Waals surface area contributed by atoms with Gasteiger partial charge in [-0.25, -0.2) is 0 Å². The van der Waals surface area contributed by atoms with E-state index in [1.165, 1.54) is 30.4 Å². The highest BCUT2D eigenvalue weighted by atomic mass is 35.5. The lowest BCUT2D eigenvalue weighted by atomic mass is 9.76. The minimum Gasteiger partial charge on any atom is -0.508 e. The van der Waals surface area contributed by atoms with Crippen molar-refractivity contribution in [1.29, 1.82) is 0 Å². The Hall–Kier alpha value is -0.730. The van der Waals surface area contributed by atoms with E-state index in [1.807, 2.05) is 12.1 Å². The first-order valence-electron chi connectivity index (χ1n) is 7.32. The average molecular weight is 284 g/mol. The van der Waals surface area contributed by atoms with Gasteiger partial charge in [-0.1, -0.05) is 32.4 Å². The lowest BCUT2D eigenvalue weighted by Crippen LogP contribution is -2.38. The number of phenolic OH excluding ortho intramolecular Hbond substituents is 1. The van der Waals surface area contributed by atoms with E-state index in [4.69, 9.17) is 0 Å². The molecule has 0 heterocycles. The summed E-state index contributed by atoms with van der Waals surface area (Å²) in [6.45, 7) is 5.51. The van der Waals surface area contributed by atoms with E-state index < -0.39 is 0 Å². The smallest absolute Gasteiger partial charge is 0.119 e. The van der Waals surface area contributed by atoms with E-state index in [0.717, 1.165) is 19.4 Å². The van der Waals surface area contributed by atoms with Crippen LogP contribution in [-0.4, -0.2) is 17.7 Å². The zero-order valence-electron chi connectivity index (χ0n) is 12.0. The maximum Gasteiger partial charge on any atom is 0.119 e. The molecule has 2 atom stereocenters. The molecule has 2 N–H and O–H groups in total. The number of aryl methyl sites for hydroxylation is 1. The van der Waals surface area contributed by atoms with Gasteiger partial charge in [0.25, 0.3) is 0 Å².